The molecule has 0 amide bonds. The summed E-state index contributed by atoms with van der Waals surface area (Å²) in [4.78, 5) is 10.7. The number of carbonyl (C=O) groups excluding carboxylic acids is 1. The average molecular weight is 204 g/mol. The van der Waals surface area contributed by atoms with Crippen molar-refractivity contribution in [3.05, 3.63) is 35.9 Å². The van der Waals surface area contributed by atoms with Crippen LogP contribution in [0.3, 0.4) is 0 Å². The fraction of sp³-hybridized carbons (Fsp3) is 0.500. The fourth-order valence-corrected chi connectivity index (χ4v) is 1.86. The molecule has 0 fully saturated rings. The van der Waals surface area contributed by atoms with Crippen LogP contribution in [-0.4, -0.2) is 6.29 Å². The molecule has 0 aliphatic heterocycles. The van der Waals surface area contributed by atoms with Gasteiger partial charge in [-0.2, -0.15) is 0 Å². The third-order valence-corrected chi connectivity index (χ3v) is 2.74. The highest BCUT2D eigenvalue weighted by atomic mass is 16.1. The molecule has 0 saturated carbocycles. The first-order valence-electron chi connectivity index (χ1n) is 5.86. The van der Waals surface area contributed by atoms with Crippen LogP contribution >= 0.6 is 0 Å². The second kappa shape index (κ2) is 7.22. The molecule has 0 bridgehead atoms. The summed E-state index contributed by atoms with van der Waals surface area (Å²) in [5.74, 6) is 0.277. The normalized spacial score (nSPS) is 12.3. The van der Waals surface area contributed by atoms with Gasteiger partial charge in [-0.15, -0.1) is 0 Å². The summed E-state index contributed by atoms with van der Waals surface area (Å²) >= 11 is 0. The summed E-state index contributed by atoms with van der Waals surface area (Å²) < 4.78 is 0. The minimum atomic E-state index is 0.277. The Kier molecular flexibility index (Phi) is 5.76. The molecule has 1 rings (SSSR count). The summed E-state index contributed by atoms with van der Waals surface area (Å²) in [6.07, 6.45) is 6.51. The Balaban J connectivity index is 2.23. The zero-order chi connectivity index (χ0) is 10.9. The first-order valence-corrected chi connectivity index (χ1v) is 5.86. The van der Waals surface area contributed by atoms with Crippen LogP contribution in [0.15, 0.2) is 30.3 Å². The second-order valence-corrected chi connectivity index (χ2v) is 4.06. The molecule has 0 heterocycles. The zero-order valence-corrected chi connectivity index (χ0v) is 9.49. The van der Waals surface area contributed by atoms with E-state index in [0.29, 0.717) is 0 Å². The largest absolute Gasteiger partial charge is 0.303 e. The van der Waals surface area contributed by atoms with E-state index in [1.165, 1.54) is 5.56 Å². The Hall–Kier alpha value is -1.11. The topological polar surface area (TPSA) is 17.1 Å². The molecule has 0 aromatic heterocycles. The third-order valence-electron chi connectivity index (χ3n) is 2.74. The van der Waals surface area contributed by atoms with E-state index in [2.05, 4.69) is 31.2 Å². The molecule has 1 unspecified atom stereocenters. The molecule has 82 valence electrons. The molecule has 0 saturated heterocycles. The highest BCUT2D eigenvalue weighted by molar-refractivity contribution is 5.53. The van der Waals surface area contributed by atoms with Crippen molar-refractivity contribution in [2.75, 3.05) is 0 Å². The Morgan fingerprint density at radius 2 is 1.93 bits per heavy atom. The second-order valence-electron chi connectivity index (χ2n) is 4.06. The first-order chi connectivity index (χ1) is 7.36. The Bertz CT molecular complexity index is 266. The lowest BCUT2D eigenvalue weighted by atomic mass is 9.97. The summed E-state index contributed by atoms with van der Waals surface area (Å²) in [7, 11) is 0. The van der Waals surface area contributed by atoms with E-state index in [-0.39, 0.29) is 5.92 Å². The molecule has 1 heteroatoms. The van der Waals surface area contributed by atoms with Crippen LogP contribution in [0, 0.1) is 5.92 Å². The van der Waals surface area contributed by atoms with Crippen molar-refractivity contribution in [3.63, 3.8) is 0 Å². The molecule has 1 nitrogen and oxygen atoms in total. The van der Waals surface area contributed by atoms with E-state index in [1.54, 1.807) is 0 Å². The van der Waals surface area contributed by atoms with Gasteiger partial charge in [0.1, 0.15) is 6.29 Å². The van der Waals surface area contributed by atoms with Crippen molar-refractivity contribution >= 4 is 6.29 Å². The predicted molar refractivity (Wildman–Crippen MR) is 63.8 cm³/mol. The molecule has 1 aromatic carbocycles. The van der Waals surface area contributed by atoms with E-state index in [4.69, 9.17) is 0 Å². The van der Waals surface area contributed by atoms with Crippen molar-refractivity contribution in [2.45, 2.75) is 39.0 Å². The lowest BCUT2D eigenvalue weighted by Gasteiger charge is -2.08. The quantitative estimate of drug-likeness (QED) is 0.620. The van der Waals surface area contributed by atoms with Gasteiger partial charge in [-0.25, -0.2) is 0 Å². The van der Waals surface area contributed by atoms with Gasteiger partial charge in [0.2, 0.25) is 0 Å². The molecular weight excluding hydrogens is 184 g/mol. The van der Waals surface area contributed by atoms with Crippen LogP contribution in [-0.2, 0) is 11.2 Å². The highest BCUT2D eigenvalue weighted by Gasteiger charge is 2.05. The summed E-state index contributed by atoms with van der Waals surface area (Å²) in [6, 6.07) is 10.5. The first kappa shape index (κ1) is 12.0. The highest BCUT2D eigenvalue weighted by Crippen LogP contribution is 2.13. The van der Waals surface area contributed by atoms with E-state index in [1.807, 2.05) is 6.07 Å². The number of hydrogen-bond acceptors (Lipinski definition) is 1. The van der Waals surface area contributed by atoms with Gasteiger partial charge in [-0.3, -0.25) is 0 Å². The van der Waals surface area contributed by atoms with Crippen LogP contribution in [0.4, 0.5) is 0 Å². The minimum absolute atomic E-state index is 0.277. The molecular formula is C14H20O. The molecule has 1 atom stereocenters. The van der Waals surface area contributed by atoms with Crippen molar-refractivity contribution in [1.82, 2.24) is 0 Å². The van der Waals surface area contributed by atoms with E-state index in [9.17, 15) is 4.79 Å². The van der Waals surface area contributed by atoms with E-state index >= 15 is 0 Å². The van der Waals surface area contributed by atoms with Crippen LogP contribution in [0.5, 0.6) is 0 Å². The SMILES string of the molecule is CCCC(C=O)CCCc1ccccc1. The number of benzene rings is 1. The number of carbonyl (C=O) groups is 1. The summed E-state index contributed by atoms with van der Waals surface area (Å²) in [5, 5.41) is 0. The van der Waals surface area contributed by atoms with Gasteiger partial charge >= 0.3 is 0 Å². The van der Waals surface area contributed by atoms with Gasteiger partial charge in [0.25, 0.3) is 0 Å². The van der Waals surface area contributed by atoms with Gasteiger partial charge < -0.3 is 4.79 Å². The zero-order valence-electron chi connectivity index (χ0n) is 9.49. The van der Waals surface area contributed by atoms with Crippen molar-refractivity contribution in [3.8, 4) is 0 Å². The third kappa shape index (κ3) is 4.78. The molecule has 0 aliphatic rings. The Morgan fingerprint density at radius 1 is 1.20 bits per heavy atom. The summed E-state index contributed by atoms with van der Waals surface area (Å²) in [5.41, 5.74) is 1.37. The standard InChI is InChI=1S/C14H20O/c1-2-7-14(12-15)11-6-10-13-8-4-3-5-9-13/h3-5,8-9,12,14H,2,6-7,10-11H2,1H3. The smallest absolute Gasteiger partial charge is 0.123 e. The van der Waals surface area contributed by atoms with Gasteiger partial charge in [0.15, 0.2) is 0 Å². The van der Waals surface area contributed by atoms with Crippen molar-refractivity contribution < 1.29 is 4.79 Å². The molecule has 0 N–H and O–H groups in total. The van der Waals surface area contributed by atoms with Gasteiger partial charge in [0.05, 0.1) is 0 Å². The molecule has 0 aliphatic carbocycles. The van der Waals surface area contributed by atoms with Crippen LogP contribution < -0.4 is 0 Å². The van der Waals surface area contributed by atoms with E-state index in [0.717, 1.165) is 38.4 Å². The van der Waals surface area contributed by atoms with Crippen LogP contribution in [0.25, 0.3) is 0 Å². The van der Waals surface area contributed by atoms with Gasteiger partial charge in [0, 0.05) is 5.92 Å². The Morgan fingerprint density at radius 3 is 2.53 bits per heavy atom. The minimum Gasteiger partial charge on any atom is -0.303 e. The molecule has 1 aromatic rings. The maximum absolute atomic E-state index is 10.7. The molecule has 0 spiro atoms. The maximum atomic E-state index is 10.7. The number of rotatable bonds is 7. The summed E-state index contributed by atoms with van der Waals surface area (Å²) in [6.45, 7) is 2.13. The Labute approximate surface area is 92.5 Å². The monoisotopic (exact) mass is 204 g/mol. The lowest BCUT2D eigenvalue weighted by molar-refractivity contribution is -0.111. The van der Waals surface area contributed by atoms with Gasteiger partial charge in [-0.05, 0) is 31.2 Å². The van der Waals surface area contributed by atoms with Crippen molar-refractivity contribution in [1.29, 1.82) is 0 Å². The fourth-order valence-electron chi connectivity index (χ4n) is 1.86. The van der Waals surface area contributed by atoms with Crippen LogP contribution in [0.2, 0.25) is 0 Å². The van der Waals surface area contributed by atoms with Crippen LogP contribution in [0.1, 0.15) is 38.2 Å². The molecule has 15 heavy (non-hydrogen) atoms. The average Bonchev–Trinajstić information content (AvgIpc) is 2.29. The maximum Gasteiger partial charge on any atom is 0.123 e. The molecule has 0 radical (unpaired) electrons. The number of aldehydes is 1. The number of hydrogen-bond donors (Lipinski definition) is 0. The lowest BCUT2D eigenvalue weighted by Crippen LogP contribution is -2.02. The van der Waals surface area contributed by atoms with Gasteiger partial charge in [-0.1, -0.05) is 43.7 Å². The van der Waals surface area contributed by atoms with E-state index < -0.39 is 0 Å². The van der Waals surface area contributed by atoms with Crippen molar-refractivity contribution in [2.24, 2.45) is 5.92 Å². The number of aryl methyl sites for hydroxylation is 1. The predicted octanol–water partition coefficient (Wildman–Crippen LogP) is 3.62.